The molecule has 0 heterocycles. The first-order valence-corrected chi connectivity index (χ1v) is 9.56. The van der Waals surface area contributed by atoms with Crippen molar-refractivity contribution >= 4 is 23.6 Å². The lowest BCUT2D eigenvalue weighted by molar-refractivity contribution is -0.133. The monoisotopic (exact) mass is 401 g/mol. The maximum absolute atomic E-state index is 12.7. The fraction of sp³-hybridized carbons (Fsp3) is 0.778. The van der Waals surface area contributed by atoms with Crippen LogP contribution < -0.4 is 27.0 Å². The second-order valence-electron chi connectivity index (χ2n) is 7.04. The van der Waals surface area contributed by atoms with E-state index in [0.29, 0.717) is 32.2 Å². The van der Waals surface area contributed by atoms with Crippen LogP contribution in [0.1, 0.15) is 46.5 Å². The summed E-state index contributed by atoms with van der Waals surface area (Å²) in [7, 11) is 1.64. The number of primary amides is 1. The summed E-state index contributed by atoms with van der Waals surface area (Å²) in [6.45, 7) is 5.25. The number of amides is 4. The van der Waals surface area contributed by atoms with Crippen LogP contribution in [0.15, 0.2) is 0 Å². The van der Waals surface area contributed by atoms with Crippen LogP contribution in [-0.2, 0) is 14.4 Å². The van der Waals surface area contributed by atoms with E-state index in [1.165, 1.54) is 6.92 Å². The minimum Gasteiger partial charge on any atom is -0.396 e. The van der Waals surface area contributed by atoms with Gasteiger partial charge in [0, 0.05) is 13.2 Å². The lowest BCUT2D eigenvalue weighted by Crippen LogP contribution is -2.56. The molecule has 0 spiro atoms. The fourth-order valence-electron chi connectivity index (χ4n) is 2.65. The highest BCUT2D eigenvalue weighted by atomic mass is 16.3. The zero-order chi connectivity index (χ0) is 21.7. The first-order valence-electron chi connectivity index (χ1n) is 9.56. The van der Waals surface area contributed by atoms with Gasteiger partial charge in [0.1, 0.15) is 6.04 Å². The molecule has 0 saturated carbocycles. The molecule has 10 nitrogen and oxygen atoms in total. The molecular formula is C18H35N5O5. The van der Waals surface area contributed by atoms with Gasteiger partial charge in [-0.05, 0) is 45.6 Å². The zero-order valence-corrected chi connectivity index (χ0v) is 17.2. The van der Waals surface area contributed by atoms with Gasteiger partial charge in [-0.3, -0.25) is 14.4 Å². The van der Waals surface area contributed by atoms with Crippen molar-refractivity contribution in [3.05, 3.63) is 0 Å². The van der Waals surface area contributed by atoms with E-state index in [-0.39, 0.29) is 24.2 Å². The molecule has 7 N–H and O–H groups in total. The standard InChI is InChI=1S/C18H35N5O5/c1-11(2)15(23-16(26)14(20-4)8-6-10-24)17(27)22-13(12(3)25)7-5-9-21-18(19)28/h11,13-15,20,24H,5-10H2,1-4H3,(H,22,27)(H,23,26)(H3,19,21,28)/t13-,14+,15-/m0/s1. The van der Waals surface area contributed by atoms with Gasteiger partial charge in [-0.2, -0.15) is 0 Å². The van der Waals surface area contributed by atoms with E-state index in [1.54, 1.807) is 20.9 Å². The number of aliphatic hydroxyl groups excluding tert-OH is 1. The quantitative estimate of drug-likeness (QED) is 0.205. The van der Waals surface area contributed by atoms with Crippen LogP contribution >= 0.6 is 0 Å². The third-order valence-electron chi connectivity index (χ3n) is 4.34. The van der Waals surface area contributed by atoms with Crippen molar-refractivity contribution in [3.63, 3.8) is 0 Å². The van der Waals surface area contributed by atoms with Gasteiger partial charge in [0.25, 0.3) is 0 Å². The zero-order valence-electron chi connectivity index (χ0n) is 17.2. The highest BCUT2D eigenvalue weighted by molar-refractivity contribution is 5.93. The van der Waals surface area contributed by atoms with Crippen LogP contribution in [0.25, 0.3) is 0 Å². The number of Topliss-reactive ketones (excluding diaryl/α,β-unsaturated/α-hetero) is 1. The summed E-state index contributed by atoms with van der Waals surface area (Å²) in [6.07, 6.45) is 1.71. The molecule has 0 radical (unpaired) electrons. The predicted octanol–water partition coefficient (Wildman–Crippen LogP) is -0.990. The van der Waals surface area contributed by atoms with Crippen molar-refractivity contribution in [2.75, 3.05) is 20.2 Å². The summed E-state index contributed by atoms with van der Waals surface area (Å²) in [4.78, 5) is 47.6. The molecule has 10 heteroatoms. The minimum absolute atomic E-state index is 0.0234. The molecule has 0 bridgehead atoms. The van der Waals surface area contributed by atoms with Gasteiger partial charge in [0.15, 0.2) is 5.78 Å². The molecule has 4 amide bonds. The van der Waals surface area contributed by atoms with E-state index in [1.807, 2.05) is 0 Å². The highest BCUT2D eigenvalue weighted by Crippen LogP contribution is 2.07. The Morgan fingerprint density at radius 2 is 1.57 bits per heavy atom. The molecular weight excluding hydrogens is 366 g/mol. The van der Waals surface area contributed by atoms with Crippen molar-refractivity contribution in [1.29, 1.82) is 0 Å². The number of hydrogen-bond acceptors (Lipinski definition) is 6. The van der Waals surface area contributed by atoms with Gasteiger partial charge in [-0.25, -0.2) is 4.79 Å². The number of carbonyl (C=O) groups is 4. The predicted molar refractivity (Wildman–Crippen MR) is 105 cm³/mol. The molecule has 0 unspecified atom stereocenters. The van der Waals surface area contributed by atoms with Crippen molar-refractivity contribution < 1.29 is 24.3 Å². The van der Waals surface area contributed by atoms with Gasteiger partial charge in [-0.1, -0.05) is 13.8 Å². The maximum Gasteiger partial charge on any atom is 0.312 e. The normalized spacial score (nSPS) is 14.1. The van der Waals surface area contributed by atoms with Gasteiger partial charge < -0.3 is 32.1 Å². The van der Waals surface area contributed by atoms with Crippen molar-refractivity contribution in [3.8, 4) is 0 Å². The summed E-state index contributed by atoms with van der Waals surface area (Å²) >= 11 is 0. The Balaban J connectivity index is 4.89. The highest BCUT2D eigenvalue weighted by Gasteiger charge is 2.29. The summed E-state index contributed by atoms with van der Waals surface area (Å²) in [6, 6.07) is -2.69. The number of nitrogens with one attached hydrogen (secondary N) is 4. The van der Waals surface area contributed by atoms with E-state index >= 15 is 0 Å². The third-order valence-corrected chi connectivity index (χ3v) is 4.34. The molecule has 0 aliphatic heterocycles. The van der Waals surface area contributed by atoms with Crippen molar-refractivity contribution in [2.45, 2.75) is 64.6 Å². The number of urea groups is 1. The Kier molecular flexibility index (Phi) is 12.8. The molecule has 0 aromatic carbocycles. The number of hydrogen-bond donors (Lipinski definition) is 6. The van der Waals surface area contributed by atoms with Gasteiger partial charge in [-0.15, -0.1) is 0 Å². The second-order valence-corrected chi connectivity index (χ2v) is 7.04. The first kappa shape index (κ1) is 25.8. The van der Waals surface area contributed by atoms with E-state index in [4.69, 9.17) is 10.8 Å². The summed E-state index contributed by atoms with van der Waals surface area (Å²) in [5.41, 5.74) is 4.99. The average Bonchev–Trinajstić information content (AvgIpc) is 2.61. The maximum atomic E-state index is 12.7. The summed E-state index contributed by atoms with van der Waals surface area (Å²) < 4.78 is 0. The van der Waals surface area contributed by atoms with Crippen LogP contribution in [0.3, 0.4) is 0 Å². The lowest BCUT2D eigenvalue weighted by atomic mass is 10.0. The van der Waals surface area contributed by atoms with Gasteiger partial charge in [0.2, 0.25) is 11.8 Å². The van der Waals surface area contributed by atoms with Crippen molar-refractivity contribution in [1.82, 2.24) is 21.3 Å². The topological polar surface area (TPSA) is 163 Å². The molecule has 0 aromatic rings. The van der Waals surface area contributed by atoms with E-state index in [2.05, 4.69) is 21.3 Å². The number of rotatable bonds is 14. The molecule has 0 fully saturated rings. The number of ketones is 1. The Morgan fingerprint density at radius 3 is 2.04 bits per heavy atom. The Hall–Kier alpha value is -2.20. The Labute approximate surface area is 166 Å². The number of nitrogens with two attached hydrogens (primary N) is 1. The average molecular weight is 402 g/mol. The van der Waals surface area contributed by atoms with Gasteiger partial charge in [0.05, 0.1) is 12.1 Å². The second kappa shape index (κ2) is 13.9. The van der Waals surface area contributed by atoms with Crippen LogP contribution in [0.4, 0.5) is 4.79 Å². The SMILES string of the molecule is CN[C@H](CCCO)C(=O)N[C@H](C(=O)N[C@@H](CCCNC(N)=O)C(C)=O)C(C)C. The smallest absolute Gasteiger partial charge is 0.312 e. The Bertz CT molecular complexity index is 526. The number of likely N-dealkylation sites (N-methyl/N-ethyl adjacent to an activating group) is 1. The number of carbonyl (C=O) groups excluding carboxylic acids is 4. The molecule has 0 aliphatic rings. The van der Waals surface area contributed by atoms with E-state index in [0.717, 1.165) is 0 Å². The van der Waals surface area contributed by atoms with E-state index in [9.17, 15) is 19.2 Å². The van der Waals surface area contributed by atoms with Crippen LogP contribution in [0.2, 0.25) is 0 Å². The lowest BCUT2D eigenvalue weighted by Gasteiger charge is -2.26. The van der Waals surface area contributed by atoms with Crippen LogP contribution in [0.5, 0.6) is 0 Å². The molecule has 0 aliphatic carbocycles. The van der Waals surface area contributed by atoms with E-state index < -0.39 is 30.1 Å². The fourth-order valence-corrected chi connectivity index (χ4v) is 2.65. The largest absolute Gasteiger partial charge is 0.396 e. The first-order chi connectivity index (χ1) is 13.1. The van der Waals surface area contributed by atoms with Crippen molar-refractivity contribution in [2.24, 2.45) is 11.7 Å². The molecule has 28 heavy (non-hydrogen) atoms. The molecule has 0 saturated heterocycles. The van der Waals surface area contributed by atoms with Gasteiger partial charge >= 0.3 is 6.03 Å². The molecule has 3 atom stereocenters. The number of aliphatic hydroxyl groups is 1. The minimum atomic E-state index is -0.803. The molecule has 0 rings (SSSR count). The molecule has 0 aromatic heterocycles. The summed E-state index contributed by atoms with van der Waals surface area (Å²) in [5, 5.41) is 19.6. The van der Waals surface area contributed by atoms with Crippen LogP contribution in [-0.4, -0.2) is 67.1 Å². The summed E-state index contributed by atoms with van der Waals surface area (Å²) in [5.74, 6) is -1.18. The third kappa shape index (κ3) is 10.2. The Morgan fingerprint density at radius 1 is 0.964 bits per heavy atom. The molecule has 162 valence electrons. The van der Waals surface area contributed by atoms with Crippen LogP contribution in [0, 0.1) is 5.92 Å².